The molecule has 1 aliphatic rings. The smallest absolute Gasteiger partial charge is 0.225 e. The lowest BCUT2D eigenvalue weighted by atomic mass is 9.89. The molecule has 23 heavy (non-hydrogen) atoms. The van der Waals surface area contributed by atoms with Gasteiger partial charge in [0.1, 0.15) is 5.82 Å². The van der Waals surface area contributed by atoms with Crippen molar-refractivity contribution in [1.29, 1.82) is 0 Å². The quantitative estimate of drug-likeness (QED) is 0.859. The van der Waals surface area contributed by atoms with Gasteiger partial charge >= 0.3 is 0 Å². The molecule has 118 valence electrons. The van der Waals surface area contributed by atoms with Gasteiger partial charge in [-0.25, -0.2) is 4.98 Å². The highest BCUT2D eigenvalue weighted by Crippen LogP contribution is 2.23. The Bertz CT molecular complexity index is 711. The molecule has 4 nitrogen and oxygen atoms in total. The molecule has 0 bridgehead atoms. The minimum absolute atomic E-state index is 0.0227. The van der Waals surface area contributed by atoms with Crippen molar-refractivity contribution in [1.82, 2.24) is 4.98 Å². The zero-order valence-electron chi connectivity index (χ0n) is 13.0. The number of hydrogen-bond acceptors (Lipinski definition) is 3. The highest BCUT2D eigenvalue weighted by Gasteiger charge is 2.14. The van der Waals surface area contributed by atoms with Gasteiger partial charge in [0.15, 0.2) is 5.78 Å². The summed E-state index contributed by atoms with van der Waals surface area (Å²) >= 11 is 0. The zero-order chi connectivity index (χ0) is 16.1. The van der Waals surface area contributed by atoms with Gasteiger partial charge in [-0.2, -0.15) is 0 Å². The number of amides is 1. The lowest BCUT2D eigenvalue weighted by molar-refractivity contribution is -0.116. The highest BCUT2D eigenvalue weighted by atomic mass is 16.2. The molecular weight excluding hydrogens is 288 g/mol. The Balaban J connectivity index is 1.56. The number of carbonyl (C=O) groups excluding carboxylic acids is 2. The lowest BCUT2D eigenvalue weighted by Gasteiger charge is -2.16. The van der Waals surface area contributed by atoms with E-state index in [1.807, 2.05) is 12.1 Å². The number of ketones is 1. The minimum Gasteiger partial charge on any atom is -0.311 e. The van der Waals surface area contributed by atoms with Crippen LogP contribution < -0.4 is 5.32 Å². The molecule has 0 atom stereocenters. The number of rotatable bonds is 5. The molecule has 1 aliphatic carbocycles. The molecule has 2 aromatic rings. The number of aromatic nitrogens is 1. The second kappa shape index (κ2) is 7.18. The molecule has 0 spiro atoms. The van der Waals surface area contributed by atoms with Crippen molar-refractivity contribution < 1.29 is 9.59 Å². The number of benzene rings is 1. The predicted octanol–water partition coefficient (Wildman–Crippen LogP) is 3.56. The summed E-state index contributed by atoms with van der Waals surface area (Å²) in [6.07, 6.45) is 6.59. The molecule has 0 unspecified atom stereocenters. The fourth-order valence-electron chi connectivity index (χ4n) is 2.92. The van der Waals surface area contributed by atoms with E-state index in [1.54, 1.807) is 24.4 Å². The number of nitrogens with zero attached hydrogens (tertiary/aromatic N) is 1. The molecule has 0 saturated carbocycles. The summed E-state index contributed by atoms with van der Waals surface area (Å²) in [6, 6.07) is 11.3. The van der Waals surface area contributed by atoms with Crippen molar-refractivity contribution in [3.05, 3.63) is 59.3 Å². The van der Waals surface area contributed by atoms with E-state index < -0.39 is 0 Å². The Morgan fingerprint density at radius 3 is 2.61 bits per heavy atom. The Hall–Kier alpha value is -2.49. The second-order valence-electron chi connectivity index (χ2n) is 5.88. The van der Waals surface area contributed by atoms with E-state index >= 15 is 0 Å². The number of nitrogens with one attached hydrogen (secondary N) is 1. The first kappa shape index (κ1) is 15.4. The Morgan fingerprint density at radius 1 is 1.00 bits per heavy atom. The molecule has 1 aromatic heterocycles. The fraction of sp³-hybridized carbons (Fsp3) is 0.316. The largest absolute Gasteiger partial charge is 0.311 e. The third-order valence-corrected chi connectivity index (χ3v) is 4.18. The first-order valence-electron chi connectivity index (χ1n) is 8.08. The van der Waals surface area contributed by atoms with Crippen molar-refractivity contribution in [3.63, 3.8) is 0 Å². The van der Waals surface area contributed by atoms with Crippen LogP contribution in [0, 0.1) is 0 Å². The topological polar surface area (TPSA) is 59.1 Å². The number of aryl methyl sites for hydroxylation is 2. The van der Waals surface area contributed by atoms with Crippen molar-refractivity contribution in [2.24, 2.45) is 0 Å². The molecular formula is C19H20N2O2. The highest BCUT2D eigenvalue weighted by molar-refractivity contribution is 6.00. The normalized spacial score (nSPS) is 13.2. The first-order chi connectivity index (χ1) is 11.2. The summed E-state index contributed by atoms with van der Waals surface area (Å²) in [5, 5.41) is 2.70. The van der Waals surface area contributed by atoms with E-state index in [1.165, 1.54) is 24.0 Å². The van der Waals surface area contributed by atoms with E-state index in [0.717, 1.165) is 18.4 Å². The van der Waals surface area contributed by atoms with Crippen molar-refractivity contribution in [3.8, 4) is 0 Å². The number of Topliss-reactive ketones (excluding diaryl/α,β-unsaturated/α-hetero) is 1. The second-order valence-corrected chi connectivity index (χ2v) is 5.88. The average Bonchev–Trinajstić information content (AvgIpc) is 2.60. The van der Waals surface area contributed by atoms with Crippen LogP contribution in [0.4, 0.5) is 5.82 Å². The monoisotopic (exact) mass is 308 g/mol. The van der Waals surface area contributed by atoms with Crippen molar-refractivity contribution in [2.45, 2.75) is 38.5 Å². The molecule has 1 heterocycles. The summed E-state index contributed by atoms with van der Waals surface area (Å²) in [7, 11) is 0. The number of carbonyl (C=O) groups is 2. The average molecular weight is 308 g/mol. The maximum atomic E-state index is 12.3. The standard InChI is InChI=1S/C19H20N2O2/c22-17(10-11-19(23)21-18-7-3-4-12-20-18)16-9-8-14-5-1-2-6-15(14)13-16/h3-4,7-9,12-13H,1-2,5-6,10-11H2,(H,20,21,23). The number of pyridine rings is 1. The predicted molar refractivity (Wildman–Crippen MR) is 89.5 cm³/mol. The van der Waals surface area contributed by atoms with Crippen LogP contribution in [-0.2, 0) is 17.6 Å². The SMILES string of the molecule is O=C(CCC(=O)c1ccc2c(c1)CCCC2)Nc1ccccn1. The molecule has 1 N–H and O–H groups in total. The summed E-state index contributed by atoms with van der Waals surface area (Å²) in [6.45, 7) is 0. The van der Waals surface area contributed by atoms with Gasteiger partial charge in [0.25, 0.3) is 0 Å². The Kier molecular flexibility index (Phi) is 4.81. The fourth-order valence-corrected chi connectivity index (χ4v) is 2.92. The van der Waals surface area contributed by atoms with E-state index in [9.17, 15) is 9.59 Å². The molecule has 1 amide bonds. The Morgan fingerprint density at radius 2 is 1.83 bits per heavy atom. The van der Waals surface area contributed by atoms with Gasteiger partial charge in [-0.1, -0.05) is 18.2 Å². The van der Waals surface area contributed by atoms with Crippen molar-refractivity contribution >= 4 is 17.5 Å². The van der Waals surface area contributed by atoms with Crippen LogP contribution in [0.2, 0.25) is 0 Å². The number of hydrogen-bond donors (Lipinski definition) is 1. The van der Waals surface area contributed by atoms with Gasteiger partial charge in [0.05, 0.1) is 0 Å². The van der Waals surface area contributed by atoms with E-state index in [-0.39, 0.29) is 24.5 Å². The van der Waals surface area contributed by atoms with Crippen LogP contribution in [0.15, 0.2) is 42.6 Å². The van der Waals surface area contributed by atoms with E-state index in [0.29, 0.717) is 5.82 Å². The third-order valence-electron chi connectivity index (χ3n) is 4.18. The van der Waals surface area contributed by atoms with Crippen LogP contribution in [0.25, 0.3) is 0 Å². The van der Waals surface area contributed by atoms with Crippen LogP contribution >= 0.6 is 0 Å². The summed E-state index contributed by atoms with van der Waals surface area (Å²) in [4.78, 5) is 28.2. The van der Waals surface area contributed by atoms with Gasteiger partial charge in [0, 0.05) is 24.6 Å². The maximum absolute atomic E-state index is 12.3. The summed E-state index contributed by atoms with van der Waals surface area (Å²) < 4.78 is 0. The van der Waals surface area contributed by atoms with Crippen LogP contribution in [0.3, 0.4) is 0 Å². The van der Waals surface area contributed by atoms with Crippen LogP contribution in [0.1, 0.15) is 47.2 Å². The van der Waals surface area contributed by atoms with Crippen molar-refractivity contribution in [2.75, 3.05) is 5.32 Å². The van der Waals surface area contributed by atoms with E-state index in [2.05, 4.69) is 16.4 Å². The minimum atomic E-state index is -0.185. The molecule has 0 saturated heterocycles. The molecule has 0 radical (unpaired) electrons. The maximum Gasteiger partial charge on any atom is 0.225 e. The number of fused-ring (bicyclic) bond motifs is 1. The summed E-state index contributed by atoms with van der Waals surface area (Å²) in [5.41, 5.74) is 3.37. The zero-order valence-corrected chi connectivity index (χ0v) is 13.0. The summed E-state index contributed by atoms with van der Waals surface area (Å²) in [5.74, 6) is 0.350. The van der Waals surface area contributed by atoms with Gasteiger partial charge in [-0.3, -0.25) is 9.59 Å². The van der Waals surface area contributed by atoms with E-state index in [4.69, 9.17) is 0 Å². The number of anilines is 1. The molecule has 0 fully saturated rings. The molecule has 1 aromatic carbocycles. The lowest BCUT2D eigenvalue weighted by Crippen LogP contribution is -2.14. The molecule has 0 aliphatic heterocycles. The molecule has 4 heteroatoms. The Labute approximate surface area is 135 Å². The van der Waals surface area contributed by atoms with Gasteiger partial charge in [-0.15, -0.1) is 0 Å². The van der Waals surface area contributed by atoms with Crippen LogP contribution in [0.5, 0.6) is 0 Å². The van der Waals surface area contributed by atoms with Crippen LogP contribution in [-0.4, -0.2) is 16.7 Å². The van der Waals surface area contributed by atoms with Gasteiger partial charge in [-0.05, 0) is 55.0 Å². The van der Waals surface area contributed by atoms with Gasteiger partial charge in [0.2, 0.25) is 5.91 Å². The first-order valence-corrected chi connectivity index (χ1v) is 8.08. The third kappa shape index (κ3) is 4.03. The molecule has 3 rings (SSSR count). The van der Waals surface area contributed by atoms with Gasteiger partial charge < -0.3 is 5.32 Å².